The molecule has 4 heteroatoms. The van der Waals surface area contributed by atoms with Gasteiger partial charge in [-0.15, -0.1) is 0 Å². The number of carbonyl (C=O) groups excluding carboxylic acids is 1. The molecule has 3 rings (SSSR count). The lowest BCUT2D eigenvalue weighted by Crippen LogP contribution is -2.34. The molecule has 0 atom stereocenters. The maximum absolute atomic E-state index is 12.8. The lowest BCUT2D eigenvalue weighted by molar-refractivity contribution is -0.123. The highest BCUT2D eigenvalue weighted by Crippen LogP contribution is 2.48. The number of carbonyl (C=O) groups is 1. The number of benzene rings is 2. The van der Waals surface area contributed by atoms with Crippen LogP contribution in [0.1, 0.15) is 43.4 Å². The van der Waals surface area contributed by atoms with E-state index in [0.717, 1.165) is 43.6 Å². The molecule has 26 heavy (non-hydrogen) atoms. The van der Waals surface area contributed by atoms with E-state index in [9.17, 15) is 4.79 Å². The Morgan fingerprint density at radius 3 is 2.35 bits per heavy atom. The van der Waals surface area contributed by atoms with Crippen LogP contribution in [0, 0.1) is 0 Å². The molecule has 1 fully saturated rings. The van der Waals surface area contributed by atoms with Crippen LogP contribution in [-0.4, -0.2) is 23.9 Å². The number of hydrogen-bond acceptors (Lipinski definition) is 2. The first-order chi connectivity index (χ1) is 12.6. The van der Waals surface area contributed by atoms with E-state index in [0.29, 0.717) is 11.6 Å². The van der Waals surface area contributed by atoms with Gasteiger partial charge in [-0.2, -0.15) is 0 Å². The van der Waals surface area contributed by atoms with E-state index in [-0.39, 0.29) is 11.3 Å². The van der Waals surface area contributed by atoms with Crippen molar-refractivity contribution in [1.82, 2.24) is 10.2 Å². The van der Waals surface area contributed by atoms with Crippen molar-refractivity contribution in [3.63, 3.8) is 0 Å². The van der Waals surface area contributed by atoms with Crippen LogP contribution < -0.4 is 5.32 Å². The van der Waals surface area contributed by atoms with Gasteiger partial charge in [0.15, 0.2) is 0 Å². The van der Waals surface area contributed by atoms with Gasteiger partial charge in [-0.3, -0.25) is 9.69 Å². The summed E-state index contributed by atoms with van der Waals surface area (Å²) in [5, 5.41) is 3.84. The Balaban J connectivity index is 1.62. The molecule has 1 saturated carbocycles. The Morgan fingerprint density at radius 1 is 1.08 bits per heavy atom. The third-order valence-corrected chi connectivity index (χ3v) is 5.58. The molecule has 0 aromatic heterocycles. The van der Waals surface area contributed by atoms with Gasteiger partial charge < -0.3 is 5.32 Å². The Morgan fingerprint density at radius 2 is 1.73 bits per heavy atom. The highest BCUT2D eigenvalue weighted by atomic mass is 35.5. The fourth-order valence-corrected chi connectivity index (χ4v) is 3.56. The molecule has 1 N–H and O–H groups in total. The highest BCUT2D eigenvalue weighted by molar-refractivity contribution is 6.30. The topological polar surface area (TPSA) is 32.3 Å². The molecule has 1 aliphatic carbocycles. The fraction of sp³-hybridized carbons (Fsp3) is 0.409. The van der Waals surface area contributed by atoms with Crippen molar-refractivity contribution < 1.29 is 4.79 Å². The van der Waals surface area contributed by atoms with Crippen LogP contribution in [0.3, 0.4) is 0 Å². The zero-order valence-corrected chi connectivity index (χ0v) is 16.4. The molecular formula is C22H27ClN2O. The Hall–Kier alpha value is -1.84. The molecule has 2 aromatic carbocycles. The summed E-state index contributed by atoms with van der Waals surface area (Å²) in [7, 11) is 0. The molecule has 0 heterocycles. The van der Waals surface area contributed by atoms with Crippen LogP contribution in [0.25, 0.3) is 0 Å². The van der Waals surface area contributed by atoms with Crippen molar-refractivity contribution in [2.75, 3.05) is 13.1 Å². The largest absolute Gasteiger partial charge is 0.351 e. The van der Waals surface area contributed by atoms with Gasteiger partial charge in [0.25, 0.3) is 0 Å². The molecule has 138 valence electrons. The van der Waals surface area contributed by atoms with Gasteiger partial charge >= 0.3 is 0 Å². The van der Waals surface area contributed by atoms with E-state index in [2.05, 4.69) is 48.3 Å². The van der Waals surface area contributed by atoms with Gasteiger partial charge in [0.2, 0.25) is 5.91 Å². The first kappa shape index (κ1) is 18.9. The van der Waals surface area contributed by atoms with Crippen LogP contribution in [0.4, 0.5) is 0 Å². The SMILES string of the molecule is CCN(CC)Cc1cccc(CNC(=O)C2(c3ccc(Cl)cc3)CC2)c1. The van der Waals surface area contributed by atoms with Gasteiger partial charge in [-0.25, -0.2) is 0 Å². The van der Waals surface area contributed by atoms with Crippen LogP contribution >= 0.6 is 11.6 Å². The van der Waals surface area contributed by atoms with Crippen LogP contribution in [-0.2, 0) is 23.3 Å². The predicted molar refractivity (Wildman–Crippen MR) is 107 cm³/mol. The lowest BCUT2D eigenvalue weighted by Gasteiger charge is -2.19. The first-order valence-electron chi connectivity index (χ1n) is 9.42. The standard InChI is InChI=1S/C22H27ClN2O/c1-3-25(4-2)16-18-7-5-6-17(14-18)15-24-21(26)22(12-13-22)19-8-10-20(23)11-9-19/h5-11,14H,3-4,12-13,15-16H2,1-2H3,(H,24,26). The molecule has 0 bridgehead atoms. The second kappa shape index (κ2) is 8.24. The zero-order chi connectivity index (χ0) is 18.6. The summed E-state index contributed by atoms with van der Waals surface area (Å²) in [4.78, 5) is 15.2. The summed E-state index contributed by atoms with van der Waals surface area (Å²) in [6, 6.07) is 16.2. The minimum atomic E-state index is -0.358. The van der Waals surface area contributed by atoms with Crippen molar-refractivity contribution in [2.24, 2.45) is 0 Å². The molecular weight excluding hydrogens is 344 g/mol. The Labute approximate surface area is 161 Å². The summed E-state index contributed by atoms with van der Waals surface area (Å²) in [5.41, 5.74) is 3.15. The van der Waals surface area contributed by atoms with Crippen molar-refractivity contribution in [3.05, 3.63) is 70.2 Å². The molecule has 0 unspecified atom stereocenters. The number of amides is 1. The molecule has 0 saturated heterocycles. The number of nitrogens with one attached hydrogen (secondary N) is 1. The second-order valence-corrected chi connectivity index (χ2v) is 7.49. The van der Waals surface area contributed by atoms with Gasteiger partial charge in [-0.1, -0.05) is 61.8 Å². The molecule has 1 aliphatic rings. The Kier molecular flexibility index (Phi) is 6.00. The molecule has 0 radical (unpaired) electrons. The zero-order valence-electron chi connectivity index (χ0n) is 15.6. The molecule has 3 nitrogen and oxygen atoms in total. The average molecular weight is 371 g/mol. The number of hydrogen-bond donors (Lipinski definition) is 1. The number of rotatable bonds is 8. The summed E-state index contributed by atoms with van der Waals surface area (Å²) < 4.78 is 0. The quantitative estimate of drug-likeness (QED) is 0.740. The lowest BCUT2D eigenvalue weighted by atomic mass is 9.95. The maximum atomic E-state index is 12.8. The van der Waals surface area contributed by atoms with Gasteiger partial charge in [-0.05, 0) is 54.8 Å². The van der Waals surface area contributed by atoms with Crippen molar-refractivity contribution in [3.8, 4) is 0 Å². The van der Waals surface area contributed by atoms with Crippen LogP contribution in [0.15, 0.2) is 48.5 Å². The van der Waals surface area contributed by atoms with Crippen LogP contribution in [0.2, 0.25) is 5.02 Å². The second-order valence-electron chi connectivity index (χ2n) is 7.05. The van der Waals surface area contributed by atoms with E-state index in [1.807, 2.05) is 24.3 Å². The Bertz CT molecular complexity index is 749. The number of nitrogens with zero attached hydrogens (tertiary/aromatic N) is 1. The fourth-order valence-electron chi connectivity index (χ4n) is 3.44. The summed E-state index contributed by atoms with van der Waals surface area (Å²) in [6.07, 6.45) is 1.81. The minimum absolute atomic E-state index is 0.119. The van der Waals surface area contributed by atoms with Gasteiger partial charge in [0.1, 0.15) is 0 Å². The number of halogens is 1. The van der Waals surface area contributed by atoms with Crippen molar-refractivity contribution in [2.45, 2.75) is 45.2 Å². The van der Waals surface area contributed by atoms with E-state index in [4.69, 9.17) is 11.6 Å². The third kappa shape index (κ3) is 4.28. The van der Waals surface area contributed by atoms with Gasteiger partial charge in [0.05, 0.1) is 5.41 Å². The molecule has 0 spiro atoms. The van der Waals surface area contributed by atoms with E-state index in [1.165, 1.54) is 5.56 Å². The minimum Gasteiger partial charge on any atom is -0.351 e. The van der Waals surface area contributed by atoms with E-state index < -0.39 is 0 Å². The van der Waals surface area contributed by atoms with Gasteiger partial charge in [0, 0.05) is 18.1 Å². The molecule has 2 aromatic rings. The highest BCUT2D eigenvalue weighted by Gasteiger charge is 2.50. The van der Waals surface area contributed by atoms with Crippen molar-refractivity contribution in [1.29, 1.82) is 0 Å². The predicted octanol–water partition coefficient (Wildman–Crippen LogP) is 4.53. The maximum Gasteiger partial charge on any atom is 0.230 e. The monoisotopic (exact) mass is 370 g/mol. The molecule has 0 aliphatic heterocycles. The summed E-state index contributed by atoms with van der Waals surface area (Å²) in [6.45, 7) is 7.96. The summed E-state index contributed by atoms with van der Waals surface area (Å²) >= 11 is 5.97. The van der Waals surface area contributed by atoms with Crippen LogP contribution in [0.5, 0.6) is 0 Å². The average Bonchev–Trinajstić information content (AvgIpc) is 3.47. The van der Waals surface area contributed by atoms with E-state index >= 15 is 0 Å². The van der Waals surface area contributed by atoms with E-state index in [1.54, 1.807) is 0 Å². The smallest absolute Gasteiger partial charge is 0.230 e. The summed E-state index contributed by atoms with van der Waals surface area (Å²) in [5.74, 6) is 0.119. The molecule has 1 amide bonds. The third-order valence-electron chi connectivity index (χ3n) is 5.33. The normalized spacial score (nSPS) is 15.1. The first-order valence-corrected chi connectivity index (χ1v) is 9.79. The van der Waals surface area contributed by atoms with Crippen molar-refractivity contribution >= 4 is 17.5 Å².